The number of aromatic nitrogens is 1. The van der Waals surface area contributed by atoms with Gasteiger partial charge in [0.25, 0.3) is 5.91 Å². The second kappa shape index (κ2) is 6.30. The monoisotopic (exact) mass is 227 g/mol. The summed E-state index contributed by atoms with van der Waals surface area (Å²) in [7, 11) is 0. The average Bonchev–Trinajstić information content (AvgIpc) is 2.38. The van der Waals surface area contributed by atoms with Crippen LogP contribution in [0.25, 0.3) is 0 Å². The number of pyridine rings is 1. The molecule has 1 atom stereocenters. The lowest BCUT2D eigenvalue weighted by Gasteiger charge is -2.11. The summed E-state index contributed by atoms with van der Waals surface area (Å²) < 4.78 is 0. The zero-order chi connectivity index (χ0) is 12.7. The molecule has 1 N–H and O–H groups in total. The molecule has 0 aliphatic heterocycles. The van der Waals surface area contributed by atoms with E-state index < -0.39 is 0 Å². The molecule has 1 heterocycles. The number of terminal acetylenes is 1. The third-order valence-corrected chi connectivity index (χ3v) is 2.21. The van der Waals surface area contributed by atoms with Crippen LogP contribution in [-0.4, -0.2) is 16.9 Å². The lowest BCUT2D eigenvalue weighted by molar-refractivity contribution is 0.0939. The first-order chi connectivity index (χ1) is 8.21. The van der Waals surface area contributed by atoms with Crippen molar-refractivity contribution in [1.29, 1.82) is 5.26 Å². The van der Waals surface area contributed by atoms with Crippen LogP contribution in [0.5, 0.6) is 0 Å². The third kappa shape index (κ3) is 3.62. The Morgan fingerprint density at radius 3 is 2.88 bits per heavy atom. The zero-order valence-corrected chi connectivity index (χ0v) is 9.60. The van der Waals surface area contributed by atoms with Gasteiger partial charge in [-0.2, -0.15) is 5.26 Å². The standard InChI is InChI=1S/C13H13N3O/c1-3-5-11(4-2)16-13(17)12-7-6-10(8-14)9-15-12/h2,6-7,9,11H,3,5H2,1H3,(H,16,17). The van der Waals surface area contributed by atoms with Crippen molar-refractivity contribution < 1.29 is 4.79 Å². The van der Waals surface area contributed by atoms with Crippen molar-refractivity contribution in [2.45, 2.75) is 25.8 Å². The Labute approximate surface area is 101 Å². The van der Waals surface area contributed by atoms with Crippen LogP contribution in [0.15, 0.2) is 18.3 Å². The predicted octanol–water partition coefficient (Wildman–Crippen LogP) is 1.48. The molecule has 0 saturated carbocycles. The van der Waals surface area contributed by atoms with E-state index in [2.05, 4.69) is 16.2 Å². The summed E-state index contributed by atoms with van der Waals surface area (Å²) in [5.74, 6) is 2.20. The Morgan fingerprint density at radius 1 is 1.65 bits per heavy atom. The number of nitriles is 1. The van der Waals surface area contributed by atoms with Gasteiger partial charge in [-0.15, -0.1) is 6.42 Å². The predicted molar refractivity (Wildman–Crippen MR) is 63.9 cm³/mol. The molecule has 4 nitrogen and oxygen atoms in total. The summed E-state index contributed by atoms with van der Waals surface area (Å²) in [4.78, 5) is 15.6. The molecule has 1 aromatic heterocycles. The number of nitrogens with zero attached hydrogens (tertiary/aromatic N) is 2. The molecule has 0 fully saturated rings. The number of hydrogen-bond donors (Lipinski definition) is 1. The van der Waals surface area contributed by atoms with Crippen molar-refractivity contribution in [3.8, 4) is 18.4 Å². The summed E-state index contributed by atoms with van der Waals surface area (Å²) in [6, 6.07) is 4.72. The molecule has 0 aliphatic carbocycles. The van der Waals surface area contributed by atoms with Crippen molar-refractivity contribution in [2.75, 3.05) is 0 Å². The molecule has 0 spiro atoms. The average molecular weight is 227 g/mol. The van der Waals surface area contributed by atoms with Gasteiger partial charge in [0.1, 0.15) is 11.8 Å². The zero-order valence-electron chi connectivity index (χ0n) is 9.60. The van der Waals surface area contributed by atoms with E-state index >= 15 is 0 Å². The molecule has 0 saturated heterocycles. The van der Waals surface area contributed by atoms with E-state index in [4.69, 9.17) is 11.7 Å². The van der Waals surface area contributed by atoms with Crippen LogP contribution in [-0.2, 0) is 0 Å². The number of hydrogen-bond acceptors (Lipinski definition) is 3. The van der Waals surface area contributed by atoms with Gasteiger partial charge in [-0.3, -0.25) is 4.79 Å². The van der Waals surface area contributed by atoms with Crippen LogP contribution in [0.3, 0.4) is 0 Å². The Morgan fingerprint density at radius 2 is 2.41 bits per heavy atom. The quantitative estimate of drug-likeness (QED) is 0.792. The molecule has 0 radical (unpaired) electrons. The number of nitrogens with one attached hydrogen (secondary N) is 1. The Kier molecular flexibility index (Phi) is 4.72. The summed E-state index contributed by atoms with van der Waals surface area (Å²) in [6.45, 7) is 2.00. The maximum absolute atomic E-state index is 11.7. The van der Waals surface area contributed by atoms with E-state index in [1.807, 2.05) is 13.0 Å². The molecule has 86 valence electrons. The first kappa shape index (κ1) is 12.7. The molecule has 0 bridgehead atoms. The number of carbonyl (C=O) groups is 1. The summed E-state index contributed by atoms with van der Waals surface area (Å²) in [5, 5.41) is 11.3. The van der Waals surface area contributed by atoms with Gasteiger partial charge in [-0.1, -0.05) is 19.3 Å². The molecule has 1 rings (SSSR count). The Balaban J connectivity index is 2.70. The highest BCUT2D eigenvalue weighted by atomic mass is 16.1. The third-order valence-electron chi connectivity index (χ3n) is 2.21. The highest BCUT2D eigenvalue weighted by Crippen LogP contribution is 2.01. The number of rotatable bonds is 4. The number of amides is 1. The largest absolute Gasteiger partial charge is 0.337 e. The SMILES string of the molecule is C#CC(CCC)NC(=O)c1ccc(C#N)cn1. The van der Waals surface area contributed by atoms with Crippen molar-refractivity contribution in [2.24, 2.45) is 0 Å². The van der Waals surface area contributed by atoms with E-state index in [0.29, 0.717) is 5.56 Å². The van der Waals surface area contributed by atoms with E-state index in [9.17, 15) is 4.79 Å². The summed E-state index contributed by atoms with van der Waals surface area (Å²) >= 11 is 0. The van der Waals surface area contributed by atoms with Crippen LogP contribution >= 0.6 is 0 Å². The molecule has 17 heavy (non-hydrogen) atoms. The molecule has 1 amide bonds. The van der Waals surface area contributed by atoms with Crippen molar-refractivity contribution in [3.05, 3.63) is 29.6 Å². The summed E-state index contributed by atoms with van der Waals surface area (Å²) in [6.07, 6.45) is 8.30. The van der Waals surface area contributed by atoms with E-state index in [1.54, 1.807) is 6.07 Å². The fourth-order valence-corrected chi connectivity index (χ4v) is 1.31. The van der Waals surface area contributed by atoms with Gasteiger partial charge in [0, 0.05) is 6.20 Å². The van der Waals surface area contributed by atoms with E-state index in [0.717, 1.165) is 12.8 Å². The van der Waals surface area contributed by atoms with Gasteiger partial charge in [-0.05, 0) is 18.6 Å². The summed E-state index contributed by atoms with van der Waals surface area (Å²) in [5.41, 5.74) is 0.684. The van der Waals surface area contributed by atoms with Crippen LogP contribution in [0.1, 0.15) is 35.8 Å². The Hall–Kier alpha value is -2.33. The Bertz CT molecular complexity index is 465. The minimum atomic E-state index is -0.314. The topological polar surface area (TPSA) is 65.8 Å². The molecular weight excluding hydrogens is 214 g/mol. The maximum Gasteiger partial charge on any atom is 0.270 e. The highest BCUT2D eigenvalue weighted by molar-refractivity contribution is 5.92. The van der Waals surface area contributed by atoms with Crippen molar-refractivity contribution in [3.63, 3.8) is 0 Å². The fourth-order valence-electron chi connectivity index (χ4n) is 1.31. The lowest BCUT2D eigenvalue weighted by atomic mass is 10.1. The number of carbonyl (C=O) groups excluding carboxylic acids is 1. The molecule has 4 heteroatoms. The molecule has 1 aromatic rings. The van der Waals surface area contributed by atoms with Gasteiger partial charge in [-0.25, -0.2) is 4.98 Å². The van der Waals surface area contributed by atoms with E-state index in [-0.39, 0.29) is 17.6 Å². The molecule has 0 aromatic carbocycles. The minimum Gasteiger partial charge on any atom is -0.337 e. The molecule has 0 aliphatic rings. The van der Waals surface area contributed by atoms with Crippen LogP contribution in [0.4, 0.5) is 0 Å². The lowest BCUT2D eigenvalue weighted by Crippen LogP contribution is -2.34. The first-order valence-electron chi connectivity index (χ1n) is 5.34. The normalized spacial score (nSPS) is 11.0. The first-order valence-corrected chi connectivity index (χ1v) is 5.34. The second-order valence-corrected chi connectivity index (χ2v) is 3.53. The van der Waals surface area contributed by atoms with Gasteiger partial charge in [0.15, 0.2) is 0 Å². The van der Waals surface area contributed by atoms with Crippen LogP contribution in [0.2, 0.25) is 0 Å². The molecule has 1 unspecified atom stereocenters. The highest BCUT2D eigenvalue weighted by Gasteiger charge is 2.11. The van der Waals surface area contributed by atoms with Gasteiger partial charge < -0.3 is 5.32 Å². The van der Waals surface area contributed by atoms with Gasteiger partial charge in [0.05, 0.1) is 11.6 Å². The maximum atomic E-state index is 11.7. The molecular formula is C13H13N3O. The van der Waals surface area contributed by atoms with Crippen molar-refractivity contribution in [1.82, 2.24) is 10.3 Å². The fraction of sp³-hybridized carbons (Fsp3) is 0.308. The van der Waals surface area contributed by atoms with Gasteiger partial charge in [0.2, 0.25) is 0 Å². The van der Waals surface area contributed by atoms with Gasteiger partial charge >= 0.3 is 0 Å². The smallest absolute Gasteiger partial charge is 0.270 e. The van der Waals surface area contributed by atoms with Crippen LogP contribution in [0, 0.1) is 23.7 Å². The van der Waals surface area contributed by atoms with Crippen molar-refractivity contribution >= 4 is 5.91 Å². The second-order valence-electron chi connectivity index (χ2n) is 3.53. The van der Waals surface area contributed by atoms with Crippen LogP contribution < -0.4 is 5.32 Å². The van der Waals surface area contributed by atoms with E-state index in [1.165, 1.54) is 12.3 Å². The minimum absolute atomic E-state index is 0.264.